The van der Waals surface area contributed by atoms with Gasteiger partial charge >= 0.3 is 0 Å². The van der Waals surface area contributed by atoms with Crippen LogP contribution in [0.25, 0.3) is 5.70 Å². The molecule has 0 fully saturated rings. The van der Waals surface area contributed by atoms with Crippen molar-refractivity contribution in [3.63, 3.8) is 0 Å². The maximum atomic E-state index is 4.38. The third kappa shape index (κ3) is 2.28. The first-order chi connectivity index (χ1) is 10.7. The van der Waals surface area contributed by atoms with Gasteiger partial charge in [0, 0.05) is 15.0 Å². The second-order valence-electron chi connectivity index (χ2n) is 5.16. The molecule has 110 valence electrons. The summed E-state index contributed by atoms with van der Waals surface area (Å²) in [5, 5.41) is 9.86. The topological polar surface area (TPSA) is 42.7 Å². The minimum absolute atomic E-state index is 0.0766. The highest BCUT2D eigenvalue weighted by molar-refractivity contribution is 9.10. The summed E-state index contributed by atoms with van der Waals surface area (Å²) in [4.78, 5) is 5.63. The normalized spacial score (nSPS) is 16.8. The Balaban J connectivity index is 1.84. The molecule has 3 heterocycles. The maximum Gasteiger partial charge on any atom is 0.226 e. The van der Waals surface area contributed by atoms with Crippen LogP contribution in [0, 0.1) is 6.92 Å². The third-order valence-electron chi connectivity index (χ3n) is 3.71. The lowest BCUT2D eigenvalue weighted by Crippen LogP contribution is -2.20. The molecule has 1 aliphatic heterocycles. The van der Waals surface area contributed by atoms with E-state index in [0.29, 0.717) is 0 Å². The first-order valence-electron chi connectivity index (χ1n) is 6.90. The predicted octanol–water partition coefficient (Wildman–Crippen LogP) is 4.47. The summed E-state index contributed by atoms with van der Waals surface area (Å²) in [6.07, 6.45) is 3.80. The Morgan fingerprint density at radius 2 is 2.23 bits per heavy atom. The number of allylic oxidation sites excluding steroid dienone is 1. The van der Waals surface area contributed by atoms with Gasteiger partial charge < -0.3 is 5.32 Å². The molecule has 1 atom stereocenters. The lowest BCUT2D eigenvalue weighted by molar-refractivity contribution is 0.618. The van der Waals surface area contributed by atoms with Gasteiger partial charge in [-0.1, -0.05) is 28.1 Å². The van der Waals surface area contributed by atoms with Crippen molar-refractivity contribution in [1.82, 2.24) is 14.8 Å². The third-order valence-corrected chi connectivity index (χ3v) is 5.30. The van der Waals surface area contributed by atoms with Gasteiger partial charge in [0.15, 0.2) is 0 Å². The molecule has 4 nitrogen and oxygen atoms in total. The molecule has 1 aromatic carbocycles. The second kappa shape index (κ2) is 5.37. The predicted molar refractivity (Wildman–Crippen MR) is 93.0 cm³/mol. The summed E-state index contributed by atoms with van der Waals surface area (Å²) in [5.41, 5.74) is 3.46. The van der Waals surface area contributed by atoms with E-state index in [0.717, 1.165) is 21.7 Å². The minimum atomic E-state index is 0.0766. The smallest absolute Gasteiger partial charge is 0.226 e. The van der Waals surface area contributed by atoms with Crippen LogP contribution in [0.15, 0.2) is 52.6 Å². The van der Waals surface area contributed by atoms with Gasteiger partial charge in [0.05, 0.1) is 0 Å². The molecule has 0 saturated heterocycles. The zero-order valence-electron chi connectivity index (χ0n) is 11.8. The molecule has 0 bridgehead atoms. The Morgan fingerprint density at radius 1 is 1.32 bits per heavy atom. The first kappa shape index (κ1) is 13.7. The van der Waals surface area contributed by atoms with Crippen molar-refractivity contribution in [3.05, 3.63) is 68.6 Å². The number of aromatic nitrogens is 3. The summed E-state index contributed by atoms with van der Waals surface area (Å²) in [6.45, 7) is 2.14. The number of anilines is 1. The first-order valence-corrected chi connectivity index (χ1v) is 8.58. The lowest BCUT2D eigenvalue weighted by Gasteiger charge is -2.24. The lowest BCUT2D eigenvalue weighted by atomic mass is 10.1. The Bertz CT molecular complexity index is 864. The number of benzene rings is 1. The number of nitrogens with one attached hydrogen (secondary N) is 1. The van der Waals surface area contributed by atoms with Gasteiger partial charge in [-0.05, 0) is 47.7 Å². The van der Waals surface area contributed by atoms with Crippen LogP contribution in [-0.2, 0) is 0 Å². The average Bonchev–Trinajstić information content (AvgIpc) is 3.14. The number of fused-ring (bicyclic) bond motifs is 1. The fraction of sp³-hybridized carbons (Fsp3) is 0.125. The zero-order chi connectivity index (χ0) is 15.1. The Morgan fingerprint density at radius 3 is 3.00 bits per heavy atom. The molecule has 0 spiro atoms. The highest BCUT2D eigenvalue weighted by atomic mass is 79.9. The minimum Gasteiger partial charge on any atom is -0.324 e. The number of nitrogens with zero attached hydrogens (tertiary/aromatic N) is 3. The maximum absolute atomic E-state index is 4.38. The number of rotatable bonds is 2. The van der Waals surface area contributed by atoms with Crippen molar-refractivity contribution >= 4 is 38.9 Å². The van der Waals surface area contributed by atoms with Gasteiger partial charge in [-0.15, -0.1) is 11.3 Å². The van der Waals surface area contributed by atoms with E-state index in [1.54, 1.807) is 17.7 Å². The SMILES string of the molecule is Cc1ccsc1[C@H]1C=C(c2cccc(Br)c2)Nc2ncnn21. The monoisotopic (exact) mass is 372 g/mol. The van der Waals surface area contributed by atoms with E-state index >= 15 is 0 Å². The van der Waals surface area contributed by atoms with E-state index in [1.807, 2.05) is 16.8 Å². The van der Waals surface area contributed by atoms with Crippen molar-refractivity contribution in [2.45, 2.75) is 13.0 Å². The van der Waals surface area contributed by atoms with Gasteiger partial charge in [-0.25, -0.2) is 4.68 Å². The molecule has 3 aromatic rings. The molecule has 4 rings (SSSR count). The van der Waals surface area contributed by atoms with Crippen LogP contribution in [0.3, 0.4) is 0 Å². The Labute approximate surface area is 140 Å². The molecule has 0 radical (unpaired) electrons. The number of halogens is 1. The standard InChI is InChI=1S/C16H13BrN4S/c1-10-5-6-22-15(10)14-8-13(11-3-2-4-12(17)7-11)20-16-18-9-19-21(14)16/h2-9,14H,1H3,(H,18,19,20)/t14-/m1/s1. The van der Waals surface area contributed by atoms with Crippen molar-refractivity contribution in [2.24, 2.45) is 0 Å². The molecule has 0 unspecified atom stereocenters. The van der Waals surface area contributed by atoms with E-state index in [4.69, 9.17) is 0 Å². The quantitative estimate of drug-likeness (QED) is 0.721. The molecular formula is C16H13BrN4S. The molecule has 0 aliphatic carbocycles. The van der Waals surface area contributed by atoms with Crippen LogP contribution in [-0.4, -0.2) is 14.8 Å². The molecular weight excluding hydrogens is 360 g/mol. The van der Waals surface area contributed by atoms with Crippen molar-refractivity contribution < 1.29 is 0 Å². The van der Waals surface area contributed by atoms with Crippen LogP contribution in [0.4, 0.5) is 5.95 Å². The summed E-state index contributed by atoms with van der Waals surface area (Å²) >= 11 is 5.29. The number of hydrogen-bond donors (Lipinski definition) is 1. The van der Waals surface area contributed by atoms with Gasteiger partial charge in [0.1, 0.15) is 12.4 Å². The van der Waals surface area contributed by atoms with Gasteiger partial charge in [0.25, 0.3) is 0 Å². The zero-order valence-corrected chi connectivity index (χ0v) is 14.2. The highest BCUT2D eigenvalue weighted by Gasteiger charge is 2.25. The molecule has 22 heavy (non-hydrogen) atoms. The summed E-state index contributed by atoms with van der Waals surface area (Å²) in [5.74, 6) is 0.773. The second-order valence-corrected chi connectivity index (χ2v) is 7.02. The van der Waals surface area contributed by atoms with Gasteiger partial charge in [0.2, 0.25) is 5.95 Å². The van der Waals surface area contributed by atoms with E-state index in [9.17, 15) is 0 Å². The van der Waals surface area contributed by atoms with Crippen LogP contribution >= 0.6 is 27.3 Å². The molecule has 2 aromatic heterocycles. The van der Waals surface area contributed by atoms with E-state index < -0.39 is 0 Å². The van der Waals surface area contributed by atoms with Crippen molar-refractivity contribution in [2.75, 3.05) is 5.32 Å². The highest BCUT2D eigenvalue weighted by Crippen LogP contribution is 2.35. The molecule has 0 saturated carbocycles. The van der Waals surface area contributed by atoms with E-state index in [2.05, 4.69) is 67.9 Å². The summed E-state index contributed by atoms with van der Waals surface area (Å²) in [7, 11) is 0. The fourth-order valence-electron chi connectivity index (χ4n) is 2.63. The van der Waals surface area contributed by atoms with Crippen LogP contribution in [0.1, 0.15) is 22.0 Å². The van der Waals surface area contributed by atoms with Crippen LogP contribution in [0.5, 0.6) is 0 Å². The molecule has 1 aliphatic rings. The Kier molecular flexibility index (Phi) is 3.35. The number of aryl methyl sites for hydroxylation is 1. The Hall–Kier alpha value is -1.92. The van der Waals surface area contributed by atoms with Crippen molar-refractivity contribution in [1.29, 1.82) is 0 Å². The molecule has 0 amide bonds. The van der Waals surface area contributed by atoms with E-state index in [-0.39, 0.29) is 6.04 Å². The largest absolute Gasteiger partial charge is 0.324 e. The van der Waals surface area contributed by atoms with Gasteiger partial charge in [-0.2, -0.15) is 10.1 Å². The number of hydrogen-bond acceptors (Lipinski definition) is 4. The van der Waals surface area contributed by atoms with Gasteiger partial charge in [-0.3, -0.25) is 0 Å². The average molecular weight is 373 g/mol. The van der Waals surface area contributed by atoms with Crippen molar-refractivity contribution in [3.8, 4) is 0 Å². The number of thiophene rings is 1. The molecule has 6 heteroatoms. The fourth-order valence-corrected chi connectivity index (χ4v) is 4.01. The summed E-state index contributed by atoms with van der Waals surface area (Å²) < 4.78 is 2.99. The van der Waals surface area contributed by atoms with E-state index in [1.165, 1.54) is 10.4 Å². The molecule has 1 N–H and O–H groups in total. The summed E-state index contributed by atoms with van der Waals surface area (Å²) in [6, 6.07) is 10.5. The van der Waals surface area contributed by atoms with Crippen LogP contribution < -0.4 is 5.32 Å². The van der Waals surface area contributed by atoms with Crippen LogP contribution in [0.2, 0.25) is 0 Å².